The zero-order chi connectivity index (χ0) is 18.8. The Morgan fingerprint density at radius 1 is 1.26 bits per heavy atom. The first-order chi connectivity index (χ1) is 13.1. The van der Waals surface area contributed by atoms with Gasteiger partial charge in [-0.25, -0.2) is 4.68 Å². The Bertz CT molecular complexity index is 961. The molecule has 1 saturated heterocycles. The summed E-state index contributed by atoms with van der Waals surface area (Å²) in [6, 6.07) is 10.7. The molecule has 1 fully saturated rings. The minimum atomic E-state index is -0.630. The van der Waals surface area contributed by atoms with Crippen molar-refractivity contribution in [2.24, 2.45) is 5.92 Å². The molecule has 1 aliphatic heterocycles. The van der Waals surface area contributed by atoms with Crippen molar-refractivity contribution in [3.05, 3.63) is 70.7 Å². The van der Waals surface area contributed by atoms with Crippen LogP contribution < -0.4 is 5.56 Å². The lowest BCUT2D eigenvalue weighted by atomic mass is 9.99. The lowest BCUT2D eigenvalue weighted by molar-refractivity contribution is 0.0233. The van der Waals surface area contributed by atoms with Gasteiger partial charge in [0.15, 0.2) is 0 Å². The average molecular weight is 366 g/mol. The van der Waals surface area contributed by atoms with Crippen LogP contribution in [-0.4, -0.2) is 44.4 Å². The molecular formula is C20H22N4O3. The zero-order valence-corrected chi connectivity index (χ0v) is 15.2. The van der Waals surface area contributed by atoms with Gasteiger partial charge in [-0.15, -0.1) is 0 Å². The number of aliphatic hydroxyl groups excluding tert-OH is 1. The van der Waals surface area contributed by atoms with Crippen LogP contribution in [0.2, 0.25) is 0 Å². The molecule has 0 aromatic carbocycles. The van der Waals surface area contributed by atoms with Crippen LogP contribution in [0.4, 0.5) is 0 Å². The monoisotopic (exact) mass is 366 g/mol. The second-order valence-corrected chi connectivity index (χ2v) is 7.03. The van der Waals surface area contributed by atoms with Crippen molar-refractivity contribution >= 4 is 0 Å². The molecule has 0 bridgehead atoms. The van der Waals surface area contributed by atoms with Crippen LogP contribution in [0.25, 0.3) is 11.3 Å². The molecule has 3 aromatic heterocycles. The molecule has 4 heterocycles. The van der Waals surface area contributed by atoms with Crippen molar-refractivity contribution < 1.29 is 9.52 Å². The van der Waals surface area contributed by atoms with Crippen molar-refractivity contribution in [1.82, 2.24) is 19.7 Å². The summed E-state index contributed by atoms with van der Waals surface area (Å²) < 4.78 is 7.00. The van der Waals surface area contributed by atoms with E-state index in [-0.39, 0.29) is 5.56 Å². The van der Waals surface area contributed by atoms with Crippen molar-refractivity contribution in [2.45, 2.75) is 19.6 Å². The van der Waals surface area contributed by atoms with Gasteiger partial charge in [0.2, 0.25) is 0 Å². The third-order valence-corrected chi connectivity index (χ3v) is 4.81. The topological polar surface area (TPSA) is 84.4 Å². The highest BCUT2D eigenvalue weighted by atomic mass is 16.4. The molecule has 0 spiro atoms. The highest BCUT2D eigenvalue weighted by molar-refractivity contribution is 5.56. The summed E-state index contributed by atoms with van der Waals surface area (Å²) >= 11 is 0. The maximum absolute atomic E-state index is 12.1. The van der Waals surface area contributed by atoms with Gasteiger partial charge < -0.3 is 9.52 Å². The molecule has 0 radical (unpaired) electrons. The number of hydrogen-bond donors (Lipinski definition) is 1. The van der Waals surface area contributed by atoms with Gasteiger partial charge in [-0.3, -0.25) is 14.7 Å². The number of likely N-dealkylation sites (tertiary alicyclic amines) is 1. The Balaban J connectivity index is 1.35. The van der Waals surface area contributed by atoms with E-state index in [2.05, 4.69) is 15.0 Å². The number of aromatic nitrogens is 3. The number of aryl methyl sites for hydroxylation is 1. The molecular weight excluding hydrogens is 344 g/mol. The van der Waals surface area contributed by atoms with Crippen LogP contribution in [0, 0.1) is 12.8 Å². The SMILES string of the molecule is Cc1ccc(C(O)CN2CC(Cn3nc(-c4cccnc4)ccc3=O)C2)o1. The molecule has 1 atom stereocenters. The van der Waals surface area contributed by atoms with Crippen molar-refractivity contribution in [3.8, 4) is 11.3 Å². The quantitative estimate of drug-likeness (QED) is 0.717. The Kier molecular flexibility index (Phi) is 4.87. The van der Waals surface area contributed by atoms with Gasteiger partial charge in [0.25, 0.3) is 5.56 Å². The number of hydrogen-bond acceptors (Lipinski definition) is 6. The second kappa shape index (κ2) is 7.46. The smallest absolute Gasteiger partial charge is 0.266 e. The number of nitrogens with zero attached hydrogens (tertiary/aromatic N) is 4. The molecule has 1 unspecified atom stereocenters. The number of rotatable bonds is 6. The second-order valence-electron chi connectivity index (χ2n) is 7.03. The Morgan fingerprint density at radius 2 is 2.11 bits per heavy atom. The largest absolute Gasteiger partial charge is 0.464 e. The molecule has 7 heteroatoms. The van der Waals surface area contributed by atoms with Crippen LogP contribution in [0.3, 0.4) is 0 Å². The van der Waals surface area contributed by atoms with E-state index in [4.69, 9.17) is 4.42 Å². The molecule has 140 valence electrons. The van der Waals surface area contributed by atoms with E-state index in [0.717, 1.165) is 30.1 Å². The maximum atomic E-state index is 12.1. The van der Waals surface area contributed by atoms with E-state index in [1.165, 1.54) is 4.68 Å². The molecule has 0 amide bonds. The highest BCUT2D eigenvalue weighted by Crippen LogP contribution is 2.23. The first-order valence-corrected chi connectivity index (χ1v) is 9.04. The van der Waals surface area contributed by atoms with E-state index in [1.54, 1.807) is 24.5 Å². The van der Waals surface area contributed by atoms with Gasteiger partial charge in [0, 0.05) is 49.6 Å². The van der Waals surface area contributed by atoms with Crippen LogP contribution in [0.1, 0.15) is 17.6 Å². The third-order valence-electron chi connectivity index (χ3n) is 4.81. The van der Waals surface area contributed by atoms with E-state index >= 15 is 0 Å². The fourth-order valence-electron chi connectivity index (χ4n) is 3.40. The summed E-state index contributed by atoms with van der Waals surface area (Å²) in [6.45, 7) is 4.60. The van der Waals surface area contributed by atoms with Crippen LogP contribution >= 0.6 is 0 Å². The number of furan rings is 1. The summed E-state index contributed by atoms with van der Waals surface area (Å²) in [5.74, 6) is 1.73. The zero-order valence-electron chi connectivity index (χ0n) is 15.2. The maximum Gasteiger partial charge on any atom is 0.266 e. The molecule has 4 rings (SSSR count). The van der Waals surface area contributed by atoms with Crippen molar-refractivity contribution in [2.75, 3.05) is 19.6 Å². The van der Waals surface area contributed by atoms with Gasteiger partial charge >= 0.3 is 0 Å². The average Bonchev–Trinajstić information content (AvgIpc) is 3.08. The Morgan fingerprint density at radius 3 is 2.81 bits per heavy atom. The Labute approximate surface area is 156 Å². The summed E-state index contributed by atoms with van der Waals surface area (Å²) in [4.78, 5) is 18.4. The number of aliphatic hydroxyl groups is 1. The highest BCUT2D eigenvalue weighted by Gasteiger charge is 2.30. The number of pyridine rings is 1. The van der Waals surface area contributed by atoms with Gasteiger partial charge in [-0.1, -0.05) is 0 Å². The standard InChI is InChI=1S/C20H22N4O3/c1-14-4-6-19(27-14)18(25)13-23-10-15(11-23)12-24-20(26)7-5-17(22-24)16-3-2-8-21-9-16/h2-9,15,18,25H,10-13H2,1H3. The third kappa shape index (κ3) is 3.99. The normalized spacial score (nSPS) is 16.2. The van der Waals surface area contributed by atoms with Gasteiger partial charge in [-0.2, -0.15) is 5.10 Å². The lowest BCUT2D eigenvalue weighted by Crippen LogP contribution is -2.50. The fraction of sp³-hybridized carbons (Fsp3) is 0.350. The predicted molar refractivity (Wildman–Crippen MR) is 100 cm³/mol. The summed E-state index contributed by atoms with van der Waals surface area (Å²) in [7, 11) is 0. The van der Waals surface area contributed by atoms with Crippen LogP contribution in [0.15, 0.2) is 58.0 Å². The van der Waals surface area contributed by atoms with E-state index in [9.17, 15) is 9.90 Å². The summed E-state index contributed by atoms with van der Waals surface area (Å²) in [5.41, 5.74) is 1.52. The molecule has 27 heavy (non-hydrogen) atoms. The van der Waals surface area contributed by atoms with Crippen LogP contribution in [-0.2, 0) is 6.54 Å². The molecule has 0 aliphatic carbocycles. The molecule has 7 nitrogen and oxygen atoms in total. The van der Waals surface area contributed by atoms with Crippen LogP contribution in [0.5, 0.6) is 0 Å². The van der Waals surface area contributed by atoms with Crippen molar-refractivity contribution in [3.63, 3.8) is 0 Å². The molecule has 1 N–H and O–H groups in total. The first-order valence-electron chi connectivity index (χ1n) is 9.04. The molecule has 3 aromatic rings. The number of β-amino-alcohol motifs (C(OH)–C–C–N with tert-alkyl or cyclic N) is 1. The van der Waals surface area contributed by atoms with Gasteiger partial charge in [0.1, 0.15) is 17.6 Å². The van der Waals surface area contributed by atoms with Gasteiger partial charge in [0.05, 0.1) is 12.2 Å². The molecule has 0 saturated carbocycles. The summed E-state index contributed by atoms with van der Waals surface area (Å²) in [6.07, 6.45) is 2.82. The minimum Gasteiger partial charge on any atom is -0.464 e. The predicted octanol–water partition coefficient (Wildman–Crippen LogP) is 1.87. The van der Waals surface area contributed by atoms with Gasteiger partial charge in [-0.05, 0) is 37.3 Å². The summed E-state index contributed by atoms with van der Waals surface area (Å²) in [5, 5.41) is 14.7. The Hall–Kier alpha value is -2.77. The van der Waals surface area contributed by atoms with Crippen molar-refractivity contribution in [1.29, 1.82) is 0 Å². The van der Waals surface area contributed by atoms with E-state index in [0.29, 0.717) is 24.8 Å². The molecule has 1 aliphatic rings. The van der Waals surface area contributed by atoms with E-state index < -0.39 is 6.10 Å². The minimum absolute atomic E-state index is 0.104. The first kappa shape index (κ1) is 17.6. The lowest BCUT2D eigenvalue weighted by Gasteiger charge is -2.40. The fourth-order valence-corrected chi connectivity index (χ4v) is 3.40. The van der Waals surface area contributed by atoms with E-state index in [1.807, 2.05) is 31.2 Å².